The van der Waals surface area contributed by atoms with Crippen molar-refractivity contribution in [1.29, 1.82) is 0 Å². The molecule has 1 N–H and O–H groups in total. The monoisotopic (exact) mass is 327 g/mol. The number of hydrogen-bond donors (Lipinski definition) is 1. The second-order valence-electron chi connectivity index (χ2n) is 4.61. The van der Waals surface area contributed by atoms with Gasteiger partial charge in [0, 0.05) is 6.61 Å². The summed E-state index contributed by atoms with van der Waals surface area (Å²) in [7, 11) is 0. The van der Waals surface area contributed by atoms with Crippen LogP contribution in [0.1, 0.15) is 19.8 Å². The molecule has 0 spiro atoms. The third kappa shape index (κ3) is 4.21. The predicted molar refractivity (Wildman–Crippen MR) is 76.2 cm³/mol. The lowest BCUT2D eigenvalue weighted by Gasteiger charge is -2.17. The van der Waals surface area contributed by atoms with E-state index in [9.17, 15) is 4.79 Å². The largest absolute Gasteiger partial charge is 0.488 e. The zero-order chi connectivity index (χ0) is 13.7. The maximum atomic E-state index is 11.8. The van der Waals surface area contributed by atoms with E-state index in [0.29, 0.717) is 13.2 Å². The van der Waals surface area contributed by atoms with Crippen molar-refractivity contribution in [3.05, 3.63) is 28.7 Å². The van der Waals surface area contributed by atoms with Crippen LogP contribution < -0.4 is 10.1 Å². The zero-order valence-electron chi connectivity index (χ0n) is 10.9. The van der Waals surface area contributed by atoms with Crippen molar-refractivity contribution in [2.24, 2.45) is 0 Å². The van der Waals surface area contributed by atoms with E-state index >= 15 is 0 Å². The fourth-order valence-electron chi connectivity index (χ4n) is 1.94. The summed E-state index contributed by atoms with van der Waals surface area (Å²) in [6, 6.07) is 7.66. The van der Waals surface area contributed by atoms with Gasteiger partial charge in [0.15, 0.2) is 0 Å². The Morgan fingerprint density at radius 1 is 1.58 bits per heavy atom. The minimum atomic E-state index is -0.282. The Balaban J connectivity index is 1.76. The third-order valence-electron chi connectivity index (χ3n) is 2.95. The zero-order valence-corrected chi connectivity index (χ0v) is 12.5. The Morgan fingerprint density at radius 2 is 2.37 bits per heavy atom. The van der Waals surface area contributed by atoms with Gasteiger partial charge in [0.05, 0.1) is 11.0 Å². The first-order valence-corrected chi connectivity index (χ1v) is 7.26. The van der Waals surface area contributed by atoms with Crippen molar-refractivity contribution < 1.29 is 14.3 Å². The molecule has 1 fully saturated rings. The van der Waals surface area contributed by atoms with Crippen LogP contribution in [0, 0.1) is 0 Å². The minimum Gasteiger partial charge on any atom is -0.488 e. The molecule has 1 aromatic carbocycles. The van der Waals surface area contributed by atoms with Crippen LogP contribution in [0.25, 0.3) is 0 Å². The van der Waals surface area contributed by atoms with Gasteiger partial charge in [-0.05, 0) is 47.8 Å². The van der Waals surface area contributed by atoms with Crippen LogP contribution in [0.5, 0.6) is 5.75 Å². The number of hydrogen-bond acceptors (Lipinski definition) is 3. The van der Waals surface area contributed by atoms with Gasteiger partial charge in [-0.2, -0.15) is 0 Å². The average Bonchev–Trinajstić information content (AvgIpc) is 2.93. The Hall–Kier alpha value is -1.07. The molecule has 1 amide bonds. The van der Waals surface area contributed by atoms with Crippen LogP contribution in [0.15, 0.2) is 28.7 Å². The number of nitrogens with one attached hydrogen (secondary N) is 1. The highest BCUT2D eigenvalue weighted by atomic mass is 79.9. The van der Waals surface area contributed by atoms with Crippen LogP contribution in [0.3, 0.4) is 0 Å². The lowest BCUT2D eigenvalue weighted by Crippen LogP contribution is -2.39. The number of rotatable bonds is 5. The standard InChI is InChI=1S/C14H18BrNO3/c1-10(19-12-6-3-2-5-11(12)15)9-16-14(17)13-7-4-8-18-13/h2-3,5-6,10,13H,4,7-9H2,1H3,(H,16,17)/t10-,13-/m0/s1. The molecule has 0 unspecified atom stereocenters. The summed E-state index contributed by atoms with van der Waals surface area (Å²) < 4.78 is 12.0. The van der Waals surface area contributed by atoms with E-state index in [1.54, 1.807) is 0 Å². The van der Waals surface area contributed by atoms with E-state index in [0.717, 1.165) is 23.1 Å². The fraction of sp³-hybridized carbons (Fsp3) is 0.500. The van der Waals surface area contributed by atoms with Crippen LogP contribution in [0.4, 0.5) is 0 Å². The van der Waals surface area contributed by atoms with Gasteiger partial charge < -0.3 is 14.8 Å². The van der Waals surface area contributed by atoms with E-state index in [4.69, 9.17) is 9.47 Å². The summed E-state index contributed by atoms with van der Waals surface area (Å²) in [4.78, 5) is 11.8. The van der Waals surface area contributed by atoms with Gasteiger partial charge in [0.1, 0.15) is 18.0 Å². The molecule has 0 radical (unpaired) electrons. The van der Waals surface area contributed by atoms with Gasteiger partial charge >= 0.3 is 0 Å². The van der Waals surface area contributed by atoms with Crippen LogP contribution >= 0.6 is 15.9 Å². The highest BCUT2D eigenvalue weighted by Gasteiger charge is 2.23. The summed E-state index contributed by atoms with van der Waals surface area (Å²) in [5, 5.41) is 2.86. The molecule has 1 aromatic rings. The van der Waals surface area contributed by atoms with Crippen molar-refractivity contribution in [1.82, 2.24) is 5.32 Å². The van der Waals surface area contributed by atoms with Gasteiger partial charge in [0.25, 0.3) is 0 Å². The molecule has 5 heteroatoms. The molecule has 0 saturated carbocycles. The smallest absolute Gasteiger partial charge is 0.249 e. The molecular formula is C14H18BrNO3. The fourth-order valence-corrected chi connectivity index (χ4v) is 2.32. The van der Waals surface area contributed by atoms with Crippen LogP contribution in [0.2, 0.25) is 0 Å². The number of benzene rings is 1. The van der Waals surface area contributed by atoms with E-state index in [1.165, 1.54) is 0 Å². The summed E-state index contributed by atoms with van der Waals surface area (Å²) in [5.74, 6) is 0.737. The van der Waals surface area contributed by atoms with Gasteiger partial charge in [-0.15, -0.1) is 0 Å². The van der Waals surface area contributed by atoms with Gasteiger partial charge in [0.2, 0.25) is 5.91 Å². The van der Waals surface area contributed by atoms with Gasteiger partial charge in [-0.1, -0.05) is 12.1 Å². The summed E-state index contributed by atoms with van der Waals surface area (Å²) in [6.45, 7) is 3.08. The molecule has 19 heavy (non-hydrogen) atoms. The number of ether oxygens (including phenoxy) is 2. The summed E-state index contributed by atoms with van der Waals surface area (Å²) in [6.07, 6.45) is 1.39. The highest BCUT2D eigenvalue weighted by molar-refractivity contribution is 9.10. The lowest BCUT2D eigenvalue weighted by molar-refractivity contribution is -0.130. The first-order chi connectivity index (χ1) is 9.16. The molecule has 104 valence electrons. The molecule has 0 bridgehead atoms. The number of para-hydroxylation sites is 1. The van der Waals surface area contributed by atoms with Crippen molar-refractivity contribution in [2.75, 3.05) is 13.2 Å². The Morgan fingerprint density at radius 3 is 3.05 bits per heavy atom. The lowest BCUT2D eigenvalue weighted by atomic mass is 10.2. The molecular weight excluding hydrogens is 310 g/mol. The SMILES string of the molecule is C[C@@H](CNC(=O)[C@@H]1CCCO1)Oc1ccccc1Br. The quantitative estimate of drug-likeness (QED) is 0.903. The van der Waals surface area contributed by atoms with Crippen molar-refractivity contribution in [2.45, 2.75) is 32.0 Å². The molecule has 0 aromatic heterocycles. The van der Waals surface area contributed by atoms with E-state index in [1.807, 2.05) is 31.2 Å². The molecule has 2 atom stereocenters. The van der Waals surface area contributed by atoms with Crippen LogP contribution in [-0.4, -0.2) is 31.3 Å². The first-order valence-electron chi connectivity index (χ1n) is 6.47. The number of halogens is 1. The molecule has 4 nitrogen and oxygen atoms in total. The molecule has 0 aliphatic carbocycles. The van der Waals surface area contributed by atoms with Crippen LogP contribution in [-0.2, 0) is 9.53 Å². The van der Waals surface area contributed by atoms with Crippen molar-refractivity contribution in [3.8, 4) is 5.75 Å². The van der Waals surface area contributed by atoms with E-state index in [2.05, 4.69) is 21.2 Å². The minimum absolute atomic E-state index is 0.0416. The molecule has 1 heterocycles. The topological polar surface area (TPSA) is 47.6 Å². The number of carbonyl (C=O) groups is 1. The van der Waals surface area contributed by atoms with E-state index in [-0.39, 0.29) is 18.1 Å². The number of amides is 1. The molecule has 2 rings (SSSR count). The number of carbonyl (C=O) groups excluding carboxylic acids is 1. The highest BCUT2D eigenvalue weighted by Crippen LogP contribution is 2.24. The molecule has 1 aliphatic rings. The van der Waals surface area contributed by atoms with E-state index < -0.39 is 0 Å². The average molecular weight is 328 g/mol. The second kappa shape index (κ2) is 6.91. The molecule has 1 aliphatic heterocycles. The predicted octanol–water partition coefficient (Wildman–Crippen LogP) is 2.51. The maximum Gasteiger partial charge on any atom is 0.249 e. The first kappa shape index (κ1) is 14.3. The van der Waals surface area contributed by atoms with Gasteiger partial charge in [-0.3, -0.25) is 4.79 Å². The van der Waals surface area contributed by atoms with Crippen molar-refractivity contribution >= 4 is 21.8 Å². The maximum absolute atomic E-state index is 11.8. The van der Waals surface area contributed by atoms with Gasteiger partial charge in [-0.25, -0.2) is 0 Å². The molecule has 1 saturated heterocycles. The van der Waals surface area contributed by atoms with Crippen molar-refractivity contribution in [3.63, 3.8) is 0 Å². The Labute approximate surface area is 121 Å². The second-order valence-corrected chi connectivity index (χ2v) is 5.46. The Bertz CT molecular complexity index is 432. The Kier molecular flexibility index (Phi) is 5.22. The normalized spacial score (nSPS) is 20.0. The third-order valence-corrected chi connectivity index (χ3v) is 3.61. The summed E-state index contributed by atoms with van der Waals surface area (Å²) in [5.41, 5.74) is 0. The summed E-state index contributed by atoms with van der Waals surface area (Å²) >= 11 is 3.43.